The third-order valence-electron chi connectivity index (χ3n) is 3.37. The fraction of sp³-hybridized carbons (Fsp3) is 0.833. The van der Waals surface area contributed by atoms with E-state index in [-0.39, 0.29) is 11.5 Å². The third-order valence-corrected chi connectivity index (χ3v) is 3.37. The number of carbonyl (C=O) groups is 1. The molecule has 1 aliphatic heterocycles. The molecule has 0 bridgehead atoms. The van der Waals surface area contributed by atoms with Gasteiger partial charge in [0.1, 0.15) is 5.60 Å². The highest BCUT2D eigenvalue weighted by molar-refractivity contribution is 5.70. The van der Waals surface area contributed by atoms with Gasteiger partial charge in [-0.1, -0.05) is 0 Å². The summed E-state index contributed by atoms with van der Waals surface area (Å²) in [6.07, 6.45) is 3.39. The van der Waals surface area contributed by atoms with E-state index in [9.17, 15) is 4.79 Å². The molecule has 2 fully saturated rings. The summed E-state index contributed by atoms with van der Waals surface area (Å²) >= 11 is 0. The Balaban J connectivity index is 1.75. The summed E-state index contributed by atoms with van der Waals surface area (Å²) in [5.74, 6) is 0.376. The lowest BCUT2D eigenvalue weighted by molar-refractivity contribution is -0.0808. The van der Waals surface area contributed by atoms with Crippen molar-refractivity contribution in [1.29, 1.82) is 0 Å². The van der Waals surface area contributed by atoms with Crippen molar-refractivity contribution < 1.29 is 14.7 Å². The molecule has 1 N–H and O–H groups in total. The van der Waals surface area contributed by atoms with Gasteiger partial charge >= 0.3 is 6.09 Å². The van der Waals surface area contributed by atoms with Crippen LogP contribution in [0, 0.1) is 11.3 Å². The van der Waals surface area contributed by atoms with E-state index in [4.69, 9.17) is 9.94 Å². The Labute approximate surface area is 101 Å². The first-order valence-electron chi connectivity index (χ1n) is 5.99. The molecule has 0 aromatic carbocycles. The summed E-state index contributed by atoms with van der Waals surface area (Å²) in [6, 6.07) is 0. The lowest BCUT2D eigenvalue weighted by Gasteiger charge is -2.57. The molecule has 0 radical (unpaired) electrons. The van der Waals surface area contributed by atoms with Gasteiger partial charge in [-0.3, -0.25) is 0 Å². The Kier molecular flexibility index (Phi) is 2.79. The normalized spacial score (nSPS) is 23.6. The fourth-order valence-electron chi connectivity index (χ4n) is 2.73. The number of nitrogens with zero attached hydrogens (tertiary/aromatic N) is 2. The standard InChI is InChI=1S/C12H20N2O3/c1-11(2,3)17-10(15)14-7-12(8-14)4-9(5-12)6-13-16/h6,9,16H,4-5,7-8H2,1-3H3/b13-6+. The molecular formula is C12H20N2O3. The second kappa shape index (κ2) is 3.89. The summed E-state index contributed by atoms with van der Waals surface area (Å²) in [7, 11) is 0. The highest BCUT2D eigenvalue weighted by Crippen LogP contribution is 2.51. The van der Waals surface area contributed by atoms with Crippen LogP contribution in [-0.4, -0.2) is 41.1 Å². The SMILES string of the molecule is CC(C)(C)OC(=O)N1CC2(CC(/C=N/O)C2)C1. The molecule has 1 saturated carbocycles. The van der Waals surface area contributed by atoms with Crippen molar-refractivity contribution >= 4 is 12.3 Å². The van der Waals surface area contributed by atoms with Crippen molar-refractivity contribution in [1.82, 2.24) is 4.90 Å². The molecule has 5 heteroatoms. The molecule has 5 nitrogen and oxygen atoms in total. The first-order valence-corrected chi connectivity index (χ1v) is 5.99. The number of carbonyl (C=O) groups excluding carboxylic acids is 1. The molecule has 96 valence electrons. The maximum atomic E-state index is 11.7. The first-order chi connectivity index (χ1) is 7.84. The molecule has 0 atom stereocenters. The Morgan fingerprint density at radius 1 is 1.47 bits per heavy atom. The van der Waals surface area contributed by atoms with Gasteiger partial charge in [-0.25, -0.2) is 4.79 Å². The van der Waals surface area contributed by atoms with E-state index in [0.717, 1.165) is 25.9 Å². The average Bonchev–Trinajstić information content (AvgIpc) is 2.03. The van der Waals surface area contributed by atoms with Crippen LogP contribution in [0.3, 0.4) is 0 Å². The summed E-state index contributed by atoms with van der Waals surface area (Å²) in [5.41, 5.74) is -0.158. The largest absolute Gasteiger partial charge is 0.444 e. The molecule has 2 rings (SSSR count). The predicted molar refractivity (Wildman–Crippen MR) is 63.2 cm³/mol. The van der Waals surface area contributed by atoms with Crippen molar-refractivity contribution in [3.05, 3.63) is 0 Å². The van der Waals surface area contributed by atoms with Crippen LogP contribution in [0.15, 0.2) is 5.16 Å². The molecule has 1 saturated heterocycles. The molecule has 1 amide bonds. The van der Waals surface area contributed by atoms with Gasteiger partial charge in [0.15, 0.2) is 0 Å². The van der Waals surface area contributed by atoms with E-state index in [1.165, 1.54) is 0 Å². The zero-order valence-corrected chi connectivity index (χ0v) is 10.6. The first kappa shape index (κ1) is 12.2. The van der Waals surface area contributed by atoms with Crippen LogP contribution in [0.25, 0.3) is 0 Å². The smallest absolute Gasteiger partial charge is 0.410 e. The minimum Gasteiger partial charge on any atom is -0.444 e. The van der Waals surface area contributed by atoms with Gasteiger partial charge in [0.2, 0.25) is 0 Å². The van der Waals surface area contributed by atoms with Crippen LogP contribution in [0.4, 0.5) is 4.79 Å². The fourth-order valence-corrected chi connectivity index (χ4v) is 2.73. The molecule has 1 aliphatic carbocycles. The predicted octanol–water partition coefficient (Wildman–Crippen LogP) is 2.09. The minimum absolute atomic E-state index is 0.220. The van der Waals surface area contributed by atoms with Crippen molar-refractivity contribution in [2.75, 3.05) is 13.1 Å². The Morgan fingerprint density at radius 2 is 2.06 bits per heavy atom. The number of hydrogen-bond donors (Lipinski definition) is 1. The maximum absolute atomic E-state index is 11.7. The zero-order valence-electron chi connectivity index (χ0n) is 10.6. The molecule has 1 spiro atoms. The van der Waals surface area contributed by atoms with Crippen molar-refractivity contribution in [2.24, 2.45) is 16.5 Å². The molecule has 1 heterocycles. The van der Waals surface area contributed by atoms with Crippen LogP contribution < -0.4 is 0 Å². The summed E-state index contributed by atoms with van der Waals surface area (Å²) in [4.78, 5) is 13.5. The zero-order chi connectivity index (χ0) is 12.7. The van der Waals surface area contributed by atoms with Gasteiger partial charge in [0.05, 0.1) is 0 Å². The monoisotopic (exact) mass is 240 g/mol. The molecule has 17 heavy (non-hydrogen) atoms. The van der Waals surface area contributed by atoms with Crippen LogP contribution in [-0.2, 0) is 4.74 Å². The number of ether oxygens (including phenoxy) is 1. The maximum Gasteiger partial charge on any atom is 0.410 e. The number of amides is 1. The van der Waals surface area contributed by atoms with Crippen molar-refractivity contribution in [2.45, 2.75) is 39.2 Å². The van der Waals surface area contributed by atoms with Gasteiger partial charge in [-0.15, -0.1) is 5.16 Å². The number of likely N-dealkylation sites (tertiary alicyclic amines) is 1. The van der Waals surface area contributed by atoms with E-state index in [1.807, 2.05) is 20.8 Å². The highest BCUT2D eigenvalue weighted by Gasteiger charge is 2.53. The quantitative estimate of drug-likeness (QED) is 0.433. The average molecular weight is 240 g/mol. The number of oxime groups is 1. The molecule has 2 aliphatic rings. The van der Waals surface area contributed by atoms with Crippen molar-refractivity contribution in [3.63, 3.8) is 0 Å². The lowest BCUT2D eigenvalue weighted by atomic mass is 9.58. The Bertz CT molecular complexity index is 332. The molecule has 0 aromatic rings. The summed E-state index contributed by atoms with van der Waals surface area (Å²) < 4.78 is 5.30. The lowest BCUT2D eigenvalue weighted by Crippen LogP contribution is -2.64. The van der Waals surface area contributed by atoms with Gasteiger partial charge in [-0.05, 0) is 39.5 Å². The second-order valence-electron chi connectivity index (χ2n) is 6.27. The van der Waals surface area contributed by atoms with Crippen LogP contribution in [0.5, 0.6) is 0 Å². The van der Waals surface area contributed by atoms with Crippen LogP contribution >= 0.6 is 0 Å². The Morgan fingerprint density at radius 3 is 2.53 bits per heavy atom. The Hall–Kier alpha value is -1.26. The topological polar surface area (TPSA) is 62.1 Å². The van der Waals surface area contributed by atoms with E-state index < -0.39 is 5.60 Å². The van der Waals surface area contributed by atoms with E-state index in [1.54, 1.807) is 11.1 Å². The van der Waals surface area contributed by atoms with Gasteiger partial charge < -0.3 is 14.8 Å². The van der Waals surface area contributed by atoms with Crippen molar-refractivity contribution in [3.8, 4) is 0 Å². The number of rotatable bonds is 1. The molecule has 0 aromatic heterocycles. The molecule has 0 unspecified atom stereocenters. The van der Waals surface area contributed by atoms with Crippen LogP contribution in [0.1, 0.15) is 33.6 Å². The number of hydrogen-bond acceptors (Lipinski definition) is 4. The third kappa shape index (κ3) is 2.53. The second-order valence-corrected chi connectivity index (χ2v) is 6.27. The van der Waals surface area contributed by atoms with Gasteiger partial charge in [0, 0.05) is 24.7 Å². The minimum atomic E-state index is -0.425. The van der Waals surface area contributed by atoms with E-state index >= 15 is 0 Å². The van der Waals surface area contributed by atoms with E-state index in [2.05, 4.69) is 5.16 Å². The van der Waals surface area contributed by atoms with E-state index in [0.29, 0.717) is 5.92 Å². The summed E-state index contributed by atoms with van der Waals surface area (Å²) in [5, 5.41) is 11.5. The summed E-state index contributed by atoms with van der Waals surface area (Å²) in [6.45, 7) is 7.17. The van der Waals surface area contributed by atoms with Gasteiger partial charge in [-0.2, -0.15) is 0 Å². The highest BCUT2D eigenvalue weighted by atomic mass is 16.6. The van der Waals surface area contributed by atoms with Crippen LogP contribution in [0.2, 0.25) is 0 Å². The molecular weight excluding hydrogens is 220 g/mol. The van der Waals surface area contributed by atoms with Gasteiger partial charge in [0.25, 0.3) is 0 Å².